The SMILES string of the molecule is C=C.CCN=C(/C(=C(\C)N)N(C)c1ccc(Oc2ccccc2)cc1)N(C=O)c1ccc(OC)c(NC)c1. The predicted octanol–water partition coefficient (Wildman–Crippen LogP) is 6.04. The van der Waals surface area contributed by atoms with Gasteiger partial charge in [0.2, 0.25) is 6.41 Å². The maximum Gasteiger partial charge on any atom is 0.219 e. The van der Waals surface area contributed by atoms with Crippen molar-refractivity contribution < 1.29 is 14.3 Å². The molecular weight excluding hydrogens is 478 g/mol. The van der Waals surface area contributed by atoms with E-state index in [1.165, 1.54) is 4.90 Å². The average molecular weight is 516 g/mol. The Labute approximate surface area is 225 Å². The second-order valence-corrected chi connectivity index (χ2v) is 7.91. The number of carbonyl (C=O) groups excluding carboxylic acids is 1. The van der Waals surface area contributed by atoms with Gasteiger partial charge in [0.25, 0.3) is 0 Å². The standard InChI is InChI=1S/C28H33N5O3.C2H4/c1-6-31-28(33(19-34)22-14-17-26(35-5)25(18-22)30-3)27(20(2)29)32(4)21-12-15-24(16-13-21)36-23-10-8-7-9-11-23;1-2/h7-19,30H,6,29H2,1-5H3;1-2H2/b27-20-,31-28?;. The van der Waals surface area contributed by atoms with Crippen LogP contribution in [-0.4, -0.2) is 40.0 Å². The fourth-order valence-electron chi connectivity index (χ4n) is 3.77. The van der Waals surface area contributed by atoms with Crippen LogP contribution in [0.15, 0.2) is 102 Å². The van der Waals surface area contributed by atoms with Gasteiger partial charge in [-0.05, 0) is 68.4 Å². The first kappa shape index (κ1) is 29.5. The Morgan fingerprint density at radius 1 is 1.03 bits per heavy atom. The highest BCUT2D eigenvalue weighted by atomic mass is 16.5. The molecule has 1 amide bonds. The number of amides is 1. The van der Waals surface area contributed by atoms with Crippen molar-refractivity contribution in [3.63, 3.8) is 0 Å². The monoisotopic (exact) mass is 515 g/mol. The van der Waals surface area contributed by atoms with E-state index in [1.54, 1.807) is 33.2 Å². The smallest absolute Gasteiger partial charge is 0.219 e. The molecule has 3 aromatic carbocycles. The molecule has 200 valence electrons. The van der Waals surface area contributed by atoms with Gasteiger partial charge >= 0.3 is 0 Å². The zero-order chi connectivity index (χ0) is 28.1. The number of methoxy groups -OCH3 is 1. The molecule has 0 fully saturated rings. The summed E-state index contributed by atoms with van der Waals surface area (Å²) >= 11 is 0. The van der Waals surface area contributed by atoms with E-state index in [0.29, 0.717) is 41.0 Å². The van der Waals surface area contributed by atoms with Crippen LogP contribution in [0, 0.1) is 0 Å². The highest BCUT2D eigenvalue weighted by Crippen LogP contribution is 2.31. The van der Waals surface area contributed by atoms with Crippen molar-refractivity contribution in [2.75, 3.05) is 42.9 Å². The zero-order valence-electron chi connectivity index (χ0n) is 22.8. The summed E-state index contributed by atoms with van der Waals surface area (Å²) in [6.45, 7) is 10.2. The molecule has 0 saturated heterocycles. The molecule has 0 heterocycles. The van der Waals surface area contributed by atoms with Crippen molar-refractivity contribution >= 4 is 29.3 Å². The lowest BCUT2D eigenvalue weighted by molar-refractivity contribution is -0.106. The number of hydrogen-bond donors (Lipinski definition) is 2. The van der Waals surface area contributed by atoms with Crippen molar-refractivity contribution in [1.82, 2.24) is 0 Å². The fraction of sp³-hybridized carbons (Fsp3) is 0.200. The zero-order valence-corrected chi connectivity index (χ0v) is 22.8. The van der Waals surface area contributed by atoms with E-state index in [0.717, 1.165) is 23.5 Å². The van der Waals surface area contributed by atoms with Crippen LogP contribution in [0.5, 0.6) is 17.2 Å². The van der Waals surface area contributed by atoms with E-state index >= 15 is 0 Å². The molecule has 8 nitrogen and oxygen atoms in total. The normalized spacial score (nSPS) is 11.3. The van der Waals surface area contributed by atoms with Crippen LogP contribution < -0.4 is 30.3 Å². The van der Waals surface area contributed by atoms with Crippen LogP contribution in [0.1, 0.15) is 13.8 Å². The van der Waals surface area contributed by atoms with Gasteiger partial charge in [0.1, 0.15) is 22.9 Å². The van der Waals surface area contributed by atoms with Crippen molar-refractivity contribution in [2.24, 2.45) is 10.7 Å². The second-order valence-electron chi connectivity index (χ2n) is 7.91. The third-order valence-electron chi connectivity index (χ3n) is 5.50. The Morgan fingerprint density at radius 3 is 2.16 bits per heavy atom. The van der Waals surface area contributed by atoms with Crippen LogP contribution in [0.25, 0.3) is 0 Å². The number of nitrogens with zero attached hydrogens (tertiary/aromatic N) is 3. The highest BCUT2D eigenvalue weighted by molar-refractivity contribution is 6.20. The molecule has 3 N–H and O–H groups in total. The first-order chi connectivity index (χ1) is 18.4. The quantitative estimate of drug-likeness (QED) is 0.148. The van der Waals surface area contributed by atoms with Gasteiger partial charge in [-0.3, -0.25) is 14.7 Å². The number of nitrogens with two attached hydrogens (primary N) is 1. The molecule has 0 unspecified atom stereocenters. The Kier molecular flexibility index (Phi) is 11.5. The topological polar surface area (TPSA) is 92.4 Å². The summed E-state index contributed by atoms with van der Waals surface area (Å²) in [7, 11) is 5.28. The van der Waals surface area contributed by atoms with E-state index in [2.05, 4.69) is 23.5 Å². The van der Waals surface area contributed by atoms with E-state index in [9.17, 15) is 4.79 Å². The molecule has 0 spiro atoms. The third-order valence-corrected chi connectivity index (χ3v) is 5.50. The number of aliphatic imine (C=N–C) groups is 1. The number of nitrogens with one attached hydrogen (secondary N) is 1. The predicted molar refractivity (Wildman–Crippen MR) is 159 cm³/mol. The summed E-state index contributed by atoms with van der Waals surface area (Å²) in [6, 6.07) is 22.7. The summed E-state index contributed by atoms with van der Waals surface area (Å²) in [4.78, 5) is 20.4. The molecule has 0 atom stereocenters. The van der Waals surface area contributed by atoms with Gasteiger partial charge in [-0.25, -0.2) is 0 Å². The molecule has 0 aliphatic heterocycles. The number of allylic oxidation sites excluding steroid dienone is 1. The number of rotatable bonds is 10. The number of para-hydroxylation sites is 1. The molecule has 8 heteroatoms. The Hall–Kier alpha value is -4.72. The van der Waals surface area contributed by atoms with Crippen LogP contribution in [-0.2, 0) is 4.79 Å². The molecule has 0 aliphatic carbocycles. The van der Waals surface area contributed by atoms with Gasteiger partial charge in [-0.15, -0.1) is 13.2 Å². The Bertz CT molecular complexity index is 1240. The van der Waals surface area contributed by atoms with Crippen molar-refractivity contribution in [3.8, 4) is 17.2 Å². The molecule has 3 aromatic rings. The van der Waals surface area contributed by atoms with E-state index < -0.39 is 0 Å². The van der Waals surface area contributed by atoms with Crippen LogP contribution in [0.2, 0.25) is 0 Å². The van der Waals surface area contributed by atoms with Gasteiger partial charge in [0.15, 0.2) is 5.84 Å². The van der Waals surface area contributed by atoms with Crippen LogP contribution in [0.4, 0.5) is 17.1 Å². The third kappa shape index (κ3) is 7.16. The molecule has 0 aromatic heterocycles. The van der Waals surface area contributed by atoms with Gasteiger partial charge in [-0.1, -0.05) is 18.2 Å². The molecule has 0 aliphatic rings. The first-order valence-corrected chi connectivity index (χ1v) is 12.1. The van der Waals surface area contributed by atoms with Crippen LogP contribution in [0.3, 0.4) is 0 Å². The Morgan fingerprint density at radius 2 is 1.63 bits per heavy atom. The molecule has 38 heavy (non-hydrogen) atoms. The Balaban J connectivity index is 0.00000247. The lowest BCUT2D eigenvalue weighted by Crippen LogP contribution is -2.38. The summed E-state index contributed by atoms with van der Waals surface area (Å²) in [5.41, 5.74) is 9.73. The number of carbonyl (C=O) groups is 1. The number of amidine groups is 1. The van der Waals surface area contributed by atoms with E-state index in [4.69, 9.17) is 15.2 Å². The van der Waals surface area contributed by atoms with E-state index in [-0.39, 0.29) is 0 Å². The molecule has 0 radical (unpaired) electrons. The number of likely N-dealkylation sites (N-methyl/N-ethyl adjacent to an activating group) is 1. The summed E-state index contributed by atoms with van der Waals surface area (Å²) in [5.74, 6) is 2.58. The highest BCUT2D eigenvalue weighted by Gasteiger charge is 2.24. The van der Waals surface area contributed by atoms with Crippen molar-refractivity contribution in [3.05, 3.63) is 97.3 Å². The summed E-state index contributed by atoms with van der Waals surface area (Å²) in [6.07, 6.45) is 0.739. The number of anilines is 3. The molecule has 0 saturated carbocycles. The van der Waals surface area contributed by atoms with Crippen LogP contribution >= 0.6 is 0 Å². The van der Waals surface area contributed by atoms with Gasteiger partial charge in [0.05, 0.1) is 18.5 Å². The molecular formula is C30H37N5O3. The minimum atomic E-state index is 0.437. The number of ether oxygens (including phenoxy) is 2. The maximum atomic E-state index is 12.4. The second kappa shape index (κ2) is 14.7. The lowest BCUT2D eigenvalue weighted by Gasteiger charge is -2.30. The summed E-state index contributed by atoms with van der Waals surface area (Å²) < 4.78 is 11.3. The number of hydrogen-bond acceptors (Lipinski definition) is 7. The molecule has 3 rings (SSSR count). The number of benzene rings is 3. The van der Waals surface area contributed by atoms with E-state index in [1.807, 2.05) is 79.5 Å². The summed E-state index contributed by atoms with van der Waals surface area (Å²) in [5, 5.41) is 3.09. The maximum absolute atomic E-state index is 12.4. The fourth-order valence-corrected chi connectivity index (χ4v) is 3.77. The minimum Gasteiger partial charge on any atom is -0.495 e. The van der Waals surface area contributed by atoms with Gasteiger partial charge in [0, 0.05) is 32.0 Å². The first-order valence-electron chi connectivity index (χ1n) is 12.1. The van der Waals surface area contributed by atoms with Gasteiger partial charge in [-0.2, -0.15) is 0 Å². The van der Waals surface area contributed by atoms with Crippen molar-refractivity contribution in [1.29, 1.82) is 0 Å². The average Bonchev–Trinajstić information content (AvgIpc) is 2.95. The largest absolute Gasteiger partial charge is 0.495 e. The minimum absolute atomic E-state index is 0.437. The van der Waals surface area contributed by atoms with Gasteiger partial charge < -0.3 is 25.4 Å². The molecule has 0 bridgehead atoms. The van der Waals surface area contributed by atoms with Crippen molar-refractivity contribution in [2.45, 2.75) is 13.8 Å². The lowest BCUT2D eigenvalue weighted by atomic mass is 10.2.